The first-order valence-electron chi connectivity index (χ1n) is 4.50. The van der Waals surface area contributed by atoms with E-state index in [0.29, 0.717) is 13.1 Å². The van der Waals surface area contributed by atoms with Crippen molar-refractivity contribution in [3.63, 3.8) is 0 Å². The van der Waals surface area contributed by atoms with Gasteiger partial charge in [0.1, 0.15) is 5.82 Å². The summed E-state index contributed by atoms with van der Waals surface area (Å²) >= 11 is 0. The van der Waals surface area contributed by atoms with Gasteiger partial charge in [0.15, 0.2) is 0 Å². The first-order valence-corrected chi connectivity index (χ1v) is 4.50. The third-order valence-corrected chi connectivity index (χ3v) is 1.93. The van der Waals surface area contributed by atoms with Crippen molar-refractivity contribution in [3.05, 3.63) is 30.1 Å². The van der Waals surface area contributed by atoms with E-state index in [1.165, 1.54) is 12.1 Å². The van der Waals surface area contributed by atoms with Gasteiger partial charge in [-0.3, -0.25) is 0 Å². The molecule has 4 heteroatoms. The predicted molar refractivity (Wildman–Crippen MR) is 52.8 cm³/mol. The summed E-state index contributed by atoms with van der Waals surface area (Å²) in [5.74, 6) is -0.290. The molecule has 1 rings (SSSR count). The summed E-state index contributed by atoms with van der Waals surface area (Å²) in [6.07, 6.45) is 0. The van der Waals surface area contributed by atoms with Crippen LogP contribution in [0.3, 0.4) is 0 Å². The summed E-state index contributed by atoms with van der Waals surface area (Å²) in [5.41, 5.74) is 0.800. The van der Waals surface area contributed by atoms with E-state index < -0.39 is 0 Å². The molecule has 0 amide bonds. The van der Waals surface area contributed by atoms with E-state index >= 15 is 0 Å². The number of anilines is 1. The number of nitrogens with zero attached hydrogens (tertiary/aromatic N) is 1. The highest BCUT2D eigenvalue weighted by Crippen LogP contribution is 2.13. The van der Waals surface area contributed by atoms with E-state index in [1.54, 1.807) is 17.0 Å². The minimum atomic E-state index is -0.290. The van der Waals surface area contributed by atoms with Crippen molar-refractivity contribution in [1.29, 1.82) is 0 Å². The Morgan fingerprint density at radius 2 is 1.50 bits per heavy atom. The molecule has 0 aliphatic rings. The Kier molecular flexibility index (Phi) is 4.35. The molecule has 14 heavy (non-hydrogen) atoms. The Morgan fingerprint density at radius 1 is 1.00 bits per heavy atom. The van der Waals surface area contributed by atoms with E-state index in [1.807, 2.05) is 0 Å². The van der Waals surface area contributed by atoms with Crippen LogP contribution in [-0.4, -0.2) is 36.5 Å². The molecule has 1 aromatic carbocycles. The second-order valence-corrected chi connectivity index (χ2v) is 2.91. The summed E-state index contributed by atoms with van der Waals surface area (Å²) in [5, 5.41) is 17.6. The highest BCUT2D eigenvalue weighted by Gasteiger charge is 2.04. The van der Waals surface area contributed by atoms with Gasteiger partial charge in [-0.1, -0.05) is 0 Å². The van der Waals surface area contributed by atoms with Crippen LogP contribution in [0.5, 0.6) is 0 Å². The van der Waals surface area contributed by atoms with Crippen LogP contribution < -0.4 is 4.90 Å². The third kappa shape index (κ3) is 2.97. The summed E-state index contributed by atoms with van der Waals surface area (Å²) in [6, 6.07) is 5.97. The van der Waals surface area contributed by atoms with E-state index in [0.717, 1.165) is 5.69 Å². The van der Waals surface area contributed by atoms with Crippen molar-refractivity contribution >= 4 is 5.69 Å². The largest absolute Gasteiger partial charge is 0.395 e. The van der Waals surface area contributed by atoms with Crippen LogP contribution in [0.25, 0.3) is 0 Å². The third-order valence-electron chi connectivity index (χ3n) is 1.93. The average Bonchev–Trinajstić information content (AvgIpc) is 2.19. The molecule has 0 aliphatic heterocycles. The zero-order chi connectivity index (χ0) is 10.4. The van der Waals surface area contributed by atoms with Crippen LogP contribution in [0, 0.1) is 5.82 Å². The second-order valence-electron chi connectivity index (χ2n) is 2.91. The molecule has 0 saturated heterocycles. The molecule has 0 fully saturated rings. The fraction of sp³-hybridized carbons (Fsp3) is 0.400. The average molecular weight is 199 g/mol. The topological polar surface area (TPSA) is 43.7 Å². The van der Waals surface area contributed by atoms with Crippen molar-refractivity contribution in [3.8, 4) is 0 Å². The highest BCUT2D eigenvalue weighted by atomic mass is 19.1. The number of hydrogen-bond donors (Lipinski definition) is 2. The molecule has 0 aliphatic carbocycles. The first-order chi connectivity index (χ1) is 6.77. The predicted octanol–water partition coefficient (Wildman–Crippen LogP) is 0.617. The smallest absolute Gasteiger partial charge is 0.123 e. The fourth-order valence-electron chi connectivity index (χ4n) is 1.26. The van der Waals surface area contributed by atoms with Crippen molar-refractivity contribution < 1.29 is 14.6 Å². The molecule has 3 nitrogen and oxygen atoms in total. The van der Waals surface area contributed by atoms with Gasteiger partial charge in [0.2, 0.25) is 0 Å². The zero-order valence-electron chi connectivity index (χ0n) is 7.86. The summed E-state index contributed by atoms with van der Waals surface area (Å²) in [6.45, 7) is 0.896. The number of rotatable bonds is 5. The lowest BCUT2D eigenvalue weighted by Gasteiger charge is -2.22. The van der Waals surface area contributed by atoms with Gasteiger partial charge in [0, 0.05) is 18.8 Å². The molecular weight excluding hydrogens is 185 g/mol. The molecule has 0 spiro atoms. The molecule has 0 aromatic heterocycles. The van der Waals surface area contributed by atoms with Gasteiger partial charge in [-0.15, -0.1) is 0 Å². The number of halogens is 1. The minimum Gasteiger partial charge on any atom is -0.395 e. The van der Waals surface area contributed by atoms with Crippen molar-refractivity contribution in [2.45, 2.75) is 0 Å². The Bertz CT molecular complexity index is 257. The molecule has 0 radical (unpaired) electrons. The normalized spacial score (nSPS) is 10.2. The van der Waals surface area contributed by atoms with E-state index in [9.17, 15) is 4.39 Å². The molecule has 0 bridgehead atoms. The van der Waals surface area contributed by atoms with Gasteiger partial charge >= 0.3 is 0 Å². The Hall–Kier alpha value is -1.13. The molecule has 0 heterocycles. The Labute approximate surface area is 82.4 Å². The second kappa shape index (κ2) is 5.57. The molecule has 0 atom stereocenters. The summed E-state index contributed by atoms with van der Waals surface area (Å²) < 4.78 is 12.6. The lowest BCUT2D eigenvalue weighted by Crippen LogP contribution is -2.29. The first kappa shape index (κ1) is 10.9. The standard InChI is InChI=1S/C10H14FNO2/c11-9-1-3-10(4-2-9)12(5-7-13)6-8-14/h1-4,13-14H,5-8H2. The number of benzene rings is 1. The lowest BCUT2D eigenvalue weighted by molar-refractivity contribution is 0.281. The number of aliphatic hydroxyl groups excluding tert-OH is 2. The van der Waals surface area contributed by atoms with Gasteiger partial charge in [-0.2, -0.15) is 0 Å². The van der Waals surface area contributed by atoms with Gasteiger partial charge in [-0.25, -0.2) is 4.39 Å². The zero-order valence-corrected chi connectivity index (χ0v) is 7.86. The van der Waals surface area contributed by atoms with Crippen LogP contribution in [0.4, 0.5) is 10.1 Å². The maximum Gasteiger partial charge on any atom is 0.123 e. The molecule has 2 N–H and O–H groups in total. The minimum absolute atomic E-state index is 0.0113. The van der Waals surface area contributed by atoms with Gasteiger partial charge < -0.3 is 15.1 Å². The summed E-state index contributed by atoms with van der Waals surface area (Å²) in [7, 11) is 0. The van der Waals surface area contributed by atoms with Gasteiger partial charge in [0.05, 0.1) is 13.2 Å². The molecule has 1 aromatic rings. The van der Waals surface area contributed by atoms with Crippen LogP contribution in [0.15, 0.2) is 24.3 Å². The van der Waals surface area contributed by atoms with Crippen LogP contribution in [-0.2, 0) is 0 Å². The Morgan fingerprint density at radius 3 is 1.93 bits per heavy atom. The molecule has 78 valence electrons. The van der Waals surface area contributed by atoms with Crippen molar-refractivity contribution in [1.82, 2.24) is 0 Å². The monoisotopic (exact) mass is 199 g/mol. The SMILES string of the molecule is OCCN(CCO)c1ccc(F)cc1. The quantitative estimate of drug-likeness (QED) is 0.730. The maximum absolute atomic E-state index is 12.6. The molecule has 0 saturated carbocycles. The highest BCUT2D eigenvalue weighted by molar-refractivity contribution is 5.46. The van der Waals surface area contributed by atoms with Crippen molar-refractivity contribution in [2.75, 3.05) is 31.2 Å². The van der Waals surface area contributed by atoms with Gasteiger partial charge in [-0.05, 0) is 24.3 Å². The van der Waals surface area contributed by atoms with E-state index in [-0.39, 0.29) is 19.0 Å². The number of aliphatic hydroxyl groups is 2. The van der Waals surface area contributed by atoms with E-state index in [4.69, 9.17) is 10.2 Å². The maximum atomic E-state index is 12.6. The van der Waals surface area contributed by atoms with Crippen molar-refractivity contribution in [2.24, 2.45) is 0 Å². The molecule has 0 unspecified atom stereocenters. The van der Waals surface area contributed by atoms with Gasteiger partial charge in [0.25, 0.3) is 0 Å². The molecular formula is C10H14FNO2. The van der Waals surface area contributed by atoms with Crippen LogP contribution in [0.1, 0.15) is 0 Å². The summed E-state index contributed by atoms with van der Waals surface area (Å²) in [4.78, 5) is 1.79. The fourth-order valence-corrected chi connectivity index (χ4v) is 1.26. The number of hydrogen-bond acceptors (Lipinski definition) is 3. The lowest BCUT2D eigenvalue weighted by atomic mass is 10.3. The van der Waals surface area contributed by atoms with E-state index in [2.05, 4.69) is 0 Å². The van der Waals surface area contributed by atoms with Crippen LogP contribution in [0.2, 0.25) is 0 Å². The van der Waals surface area contributed by atoms with Crippen LogP contribution >= 0.6 is 0 Å². The Balaban J connectivity index is 2.71.